The molecule has 1 atom stereocenters. The SMILES string of the molecule is Oc1cccc(S[C@H]2C[N+]3(Cc4cc(C(O)(c5ccccc5)c5ccccc5)no4)CCC2CC3)c1.[Br-]. The third-order valence-electron chi connectivity index (χ3n) is 7.95. The highest BCUT2D eigenvalue weighted by atomic mass is 79.9. The van der Waals surface area contributed by atoms with E-state index in [0.717, 1.165) is 52.4 Å². The maximum Gasteiger partial charge on any atom is 0.191 e. The molecular formula is C30H31BrN2O3S. The maximum atomic E-state index is 12.1. The fourth-order valence-corrected chi connectivity index (χ4v) is 7.57. The summed E-state index contributed by atoms with van der Waals surface area (Å²) in [5.74, 6) is 1.85. The first-order valence-corrected chi connectivity index (χ1v) is 13.5. The Balaban J connectivity index is 0.00000280. The van der Waals surface area contributed by atoms with E-state index < -0.39 is 5.60 Å². The van der Waals surface area contributed by atoms with Crippen molar-refractivity contribution in [3.05, 3.63) is 114 Å². The van der Waals surface area contributed by atoms with Crippen molar-refractivity contribution in [2.24, 2.45) is 5.92 Å². The van der Waals surface area contributed by atoms with Gasteiger partial charge in [0, 0.05) is 23.8 Å². The summed E-state index contributed by atoms with van der Waals surface area (Å²) in [5.41, 5.74) is 0.673. The number of rotatable bonds is 7. The molecule has 7 rings (SSSR count). The van der Waals surface area contributed by atoms with Crippen LogP contribution in [0.3, 0.4) is 0 Å². The van der Waals surface area contributed by atoms with Crippen molar-refractivity contribution < 1.29 is 36.2 Å². The summed E-state index contributed by atoms with van der Waals surface area (Å²) in [6, 6.07) is 28.9. The third kappa shape index (κ3) is 5.10. The number of aromatic nitrogens is 1. The minimum atomic E-state index is -1.38. The predicted octanol–water partition coefficient (Wildman–Crippen LogP) is 2.57. The van der Waals surface area contributed by atoms with Gasteiger partial charge in [-0.1, -0.05) is 71.9 Å². The van der Waals surface area contributed by atoms with E-state index in [-0.39, 0.29) is 17.0 Å². The van der Waals surface area contributed by atoms with E-state index in [1.807, 2.05) is 90.6 Å². The Morgan fingerprint density at radius 3 is 2.16 bits per heavy atom. The molecule has 4 aromatic rings. The van der Waals surface area contributed by atoms with E-state index in [1.54, 1.807) is 6.07 Å². The molecule has 37 heavy (non-hydrogen) atoms. The quantitative estimate of drug-likeness (QED) is 0.330. The molecule has 2 bridgehead atoms. The van der Waals surface area contributed by atoms with E-state index in [9.17, 15) is 10.2 Å². The Kier molecular flexibility index (Phi) is 7.50. The van der Waals surface area contributed by atoms with Crippen LogP contribution < -0.4 is 17.0 Å². The minimum absolute atomic E-state index is 0. The zero-order chi connectivity index (χ0) is 24.6. The summed E-state index contributed by atoms with van der Waals surface area (Å²) >= 11 is 1.89. The van der Waals surface area contributed by atoms with E-state index >= 15 is 0 Å². The summed E-state index contributed by atoms with van der Waals surface area (Å²) in [5, 5.41) is 26.9. The number of hydrogen-bond acceptors (Lipinski definition) is 5. The zero-order valence-corrected chi connectivity index (χ0v) is 22.9. The highest BCUT2D eigenvalue weighted by molar-refractivity contribution is 8.00. The topological polar surface area (TPSA) is 66.5 Å². The molecule has 3 aromatic carbocycles. The molecule has 0 saturated carbocycles. The fraction of sp³-hybridized carbons (Fsp3) is 0.300. The molecule has 3 aliphatic heterocycles. The van der Waals surface area contributed by atoms with Gasteiger partial charge in [-0.15, -0.1) is 11.8 Å². The number of nitrogens with zero attached hydrogens (tertiary/aromatic N) is 2. The van der Waals surface area contributed by atoms with Gasteiger partial charge in [0.2, 0.25) is 0 Å². The average molecular weight is 580 g/mol. The van der Waals surface area contributed by atoms with E-state index in [2.05, 4.69) is 11.2 Å². The number of aliphatic hydroxyl groups is 1. The van der Waals surface area contributed by atoms with Gasteiger partial charge < -0.3 is 36.2 Å². The second-order valence-corrected chi connectivity index (χ2v) is 11.6. The minimum Gasteiger partial charge on any atom is -1.00 e. The van der Waals surface area contributed by atoms with Gasteiger partial charge in [0.15, 0.2) is 11.4 Å². The van der Waals surface area contributed by atoms with Crippen LogP contribution in [-0.4, -0.2) is 44.7 Å². The second-order valence-electron chi connectivity index (χ2n) is 10.2. The number of aromatic hydroxyl groups is 1. The fourth-order valence-electron chi connectivity index (χ4n) is 6.02. The molecule has 0 amide bonds. The van der Waals surface area contributed by atoms with Crippen LogP contribution in [0.4, 0.5) is 0 Å². The second kappa shape index (κ2) is 10.7. The molecule has 0 spiro atoms. The number of phenols is 1. The molecule has 0 radical (unpaired) electrons. The lowest BCUT2D eigenvalue weighted by atomic mass is 9.83. The number of benzene rings is 3. The molecule has 3 fully saturated rings. The molecule has 1 aromatic heterocycles. The number of fused-ring (bicyclic) bond motifs is 3. The Hall–Kier alpha value is -2.58. The lowest BCUT2D eigenvalue weighted by Gasteiger charge is -2.52. The van der Waals surface area contributed by atoms with Crippen LogP contribution in [0.2, 0.25) is 0 Å². The van der Waals surface area contributed by atoms with Gasteiger partial charge in [0.05, 0.1) is 24.9 Å². The monoisotopic (exact) mass is 578 g/mol. The summed E-state index contributed by atoms with van der Waals surface area (Å²) in [6.45, 7) is 4.12. The molecule has 3 aliphatic rings. The summed E-state index contributed by atoms with van der Waals surface area (Å²) in [6.07, 6.45) is 2.41. The van der Waals surface area contributed by atoms with Crippen molar-refractivity contribution in [2.75, 3.05) is 19.6 Å². The number of halogens is 1. The molecule has 192 valence electrons. The highest BCUT2D eigenvalue weighted by Crippen LogP contribution is 2.44. The Bertz CT molecular complexity index is 1280. The van der Waals surface area contributed by atoms with Crippen LogP contribution in [-0.2, 0) is 12.1 Å². The first-order chi connectivity index (χ1) is 17.5. The molecule has 7 heteroatoms. The maximum absolute atomic E-state index is 12.1. The average Bonchev–Trinajstić information content (AvgIpc) is 3.38. The van der Waals surface area contributed by atoms with Gasteiger partial charge in [-0.2, -0.15) is 0 Å². The first-order valence-electron chi connectivity index (χ1n) is 12.6. The van der Waals surface area contributed by atoms with Gasteiger partial charge in [-0.3, -0.25) is 0 Å². The van der Waals surface area contributed by atoms with Crippen molar-refractivity contribution in [1.82, 2.24) is 5.16 Å². The van der Waals surface area contributed by atoms with Gasteiger partial charge in [0.25, 0.3) is 0 Å². The molecule has 3 saturated heterocycles. The van der Waals surface area contributed by atoms with Crippen LogP contribution in [0.1, 0.15) is 35.4 Å². The van der Waals surface area contributed by atoms with Gasteiger partial charge in [0.1, 0.15) is 18.0 Å². The van der Waals surface area contributed by atoms with E-state index in [0.29, 0.717) is 22.6 Å². The molecule has 5 nitrogen and oxygen atoms in total. The third-order valence-corrected chi connectivity index (χ3v) is 9.31. The van der Waals surface area contributed by atoms with Crippen LogP contribution in [0.5, 0.6) is 5.75 Å². The number of quaternary nitrogens is 1. The summed E-state index contributed by atoms with van der Waals surface area (Å²) < 4.78 is 6.89. The van der Waals surface area contributed by atoms with Crippen molar-refractivity contribution >= 4 is 11.8 Å². The standard InChI is InChI=1S/C30H30N2O3S.BrH/c33-25-12-7-13-27(18-25)36-28-21-32(16-14-22(28)15-17-32)20-26-19-29(31-35-26)30(34,23-8-3-1-4-9-23)24-10-5-2-6-11-24;/h1-13,18-19,22,28,34H,14-17,20-21H2;1H/t22?,28-,32?;/m0./s1. The molecular weight excluding hydrogens is 548 g/mol. The van der Waals surface area contributed by atoms with Crippen molar-refractivity contribution in [3.63, 3.8) is 0 Å². The van der Waals surface area contributed by atoms with Gasteiger partial charge in [-0.05, 0) is 35.2 Å². The molecule has 0 unspecified atom stereocenters. The van der Waals surface area contributed by atoms with Crippen molar-refractivity contribution in [3.8, 4) is 5.75 Å². The summed E-state index contributed by atoms with van der Waals surface area (Å²) in [7, 11) is 0. The lowest BCUT2D eigenvalue weighted by Crippen LogP contribution is -3.00. The van der Waals surface area contributed by atoms with Crippen LogP contribution in [0.15, 0.2) is 100 Å². The van der Waals surface area contributed by atoms with Crippen molar-refractivity contribution in [1.29, 1.82) is 0 Å². The van der Waals surface area contributed by atoms with Gasteiger partial charge in [-0.25, -0.2) is 0 Å². The van der Waals surface area contributed by atoms with E-state index in [4.69, 9.17) is 4.52 Å². The van der Waals surface area contributed by atoms with Crippen LogP contribution >= 0.6 is 11.8 Å². The number of phenolic OH excluding ortho intramolecular Hbond substituents is 1. The highest BCUT2D eigenvalue weighted by Gasteiger charge is 2.47. The molecule has 2 N–H and O–H groups in total. The summed E-state index contributed by atoms with van der Waals surface area (Å²) in [4.78, 5) is 1.13. The Morgan fingerprint density at radius 2 is 1.54 bits per heavy atom. The smallest absolute Gasteiger partial charge is 0.191 e. The zero-order valence-electron chi connectivity index (χ0n) is 20.5. The van der Waals surface area contributed by atoms with Crippen LogP contribution in [0.25, 0.3) is 0 Å². The normalized spacial score (nSPS) is 22.9. The van der Waals surface area contributed by atoms with Crippen molar-refractivity contribution in [2.45, 2.75) is 35.1 Å². The first kappa shape index (κ1) is 26.0. The Labute approximate surface area is 232 Å². The van der Waals surface area contributed by atoms with E-state index in [1.165, 1.54) is 12.8 Å². The molecule has 4 heterocycles. The predicted molar refractivity (Wildman–Crippen MR) is 141 cm³/mol. The molecule has 0 aliphatic carbocycles. The van der Waals surface area contributed by atoms with Crippen LogP contribution in [0, 0.1) is 5.92 Å². The number of thioether (sulfide) groups is 1. The lowest BCUT2D eigenvalue weighted by molar-refractivity contribution is -0.954. The largest absolute Gasteiger partial charge is 1.00 e. The number of hydrogen-bond donors (Lipinski definition) is 2. The Morgan fingerprint density at radius 1 is 0.892 bits per heavy atom. The number of piperidine rings is 3. The van der Waals surface area contributed by atoms with Gasteiger partial charge >= 0.3 is 0 Å².